The monoisotopic (exact) mass is 446 g/mol. The molecule has 2 aromatic carbocycles. The Hall–Kier alpha value is -3.25. The highest BCUT2D eigenvalue weighted by molar-refractivity contribution is 7.10. The smallest absolute Gasteiger partial charge is 0.335 e. The van der Waals surface area contributed by atoms with Gasteiger partial charge in [-0.1, -0.05) is 55.7 Å². The van der Waals surface area contributed by atoms with E-state index < -0.39 is 5.97 Å². The molecule has 0 unspecified atom stereocenters. The first-order valence-electron chi connectivity index (χ1n) is 10.9. The van der Waals surface area contributed by atoms with Crippen molar-refractivity contribution in [3.8, 4) is 0 Å². The number of carboxylic acid groups (broad SMARTS) is 1. The zero-order chi connectivity index (χ0) is 22.3. The van der Waals surface area contributed by atoms with Gasteiger partial charge in [-0.15, -0.1) is 11.3 Å². The molecule has 1 aliphatic rings. The molecule has 0 spiro atoms. The van der Waals surface area contributed by atoms with Crippen LogP contribution in [0.15, 0.2) is 53.9 Å². The minimum Gasteiger partial charge on any atom is -0.478 e. The predicted molar refractivity (Wildman–Crippen MR) is 129 cm³/mol. The van der Waals surface area contributed by atoms with Gasteiger partial charge in [0.2, 0.25) is 5.91 Å². The van der Waals surface area contributed by atoms with Crippen molar-refractivity contribution in [1.29, 1.82) is 0 Å². The first-order chi connectivity index (χ1) is 15.6. The number of nitrogens with one attached hydrogen (secondary N) is 1. The summed E-state index contributed by atoms with van der Waals surface area (Å²) >= 11 is 1.67. The summed E-state index contributed by atoms with van der Waals surface area (Å²) in [5.41, 5.74) is 3.49. The number of carboxylic acids is 1. The average Bonchev–Trinajstić information content (AvgIpc) is 3.28. The first kappa shape index (κ1) is 22.0. The zero-order valence-electron chi connectivity index (χ0n) is 17.8. The van der Waals surface area contributed by atoms with Gasteiger partial charge in [-0.3, -0.25) is 4.79 Å². The number of hydrogen-bond acceptors (Lipinski definition) is 4. The number of hydrogen-bond donors (Lipinski definition) is 2. The summed E-state index contributed by atoms with van der Waals surface area (Å²) in [4.78, 5) is 28.6. The summed E-state index contributed by atoms with van der Waals surface area (Å²) in [5.74, 6) is -0.682. The molecular weight excluding hydrogens is 420 g/mol. The van der Waals surface area contributed by atoms with E-state index >= 15 is 0 Å². The summed E-state index contributed by atoms with van der Waals surface area (Å²) in [7, 11) is 0. The first-order valence-corrected chi connectivity index (χ1v) is 11.8. The van der Waals surface area contributed by atoms with Crippen LogP contribution in [0.1, 0.15) is 70.2 Å². The summed E-state index contributed by atoms with van der Waals surface area (Å²) in [6, 6.07) is 14.1. The fraction of sp³-hybridized carbons (Fsp3) is 0.269. The maximum Gasteiger partial charge on any atom is 0.335 e. The van der Waals surface area contributed by atoms with Crippen LogP contribution in [0.4, 0.5) is 5.69 Å². The van der Waals surface area contributed by atoms with Crippen molar-refractivity contribution >= 4 is 41.1 Å². The third-order valence-corrected chi connectivity index (χ3v) is 6.58. The summed E-state index contributed by atoms with van der Waals surface area (Å²) in [6.45, 7) is 0. The SMILES string of the molecule is O=C(Cc1ccccc1C(=O)O)Nc1cccc(/C=C/c2nc(C3CCCCC3)cs2)c1. The summed E-state index contributed by atoms with van der Waals surface area (Å²) < 4.78 is 0. The molecule has 1 aliphatic carbocycles. The molecule has 1 amide bonds. The lowest BCUT2D eigenvalue weighted by Crippen LogP contribution is -2.16. The Morgan fingerprint density at radius 2 is 1.88 bits per heavy atom. The van der Waals surface area contributed by atoms with Gasteiger partial charge in [-0.25, -0.2) is 9.78 Å². The van der Waals surface area contributed by atoms with Crippen molar-refractivity contribution < 1.29 is 14.7 Å². The Bertz CT molecular complexity index is 1130. The van der Waals surface area contributed by atoms with Gasteiger partial charge in [0.15, 0.2) is 0 Å². The van der Waals surface area contributed by atoms with Crippen LogP contribution in [0.2, 0.25) is 0 Å². The molecule has 0 bridgehead atoms. The Labute approximate surface area is 191 Å². The molecule has 3 aromatic rings. The van der Waals surface area contributed by atoms with E-state index in [1.165, 1.54) is 43.9 Å². The van der Waals surface area contributed by atoms with E-state index in [0.717, 1.165) is 10.6 Å². The van der Waals surface area contributed by atoms with Crippen molar-refractivity contribution in [2.45, 2.75) is 44.4 Å². The van der Waals surface area contributed by atoms with Crippen LogP contribution in [0.3, 0.4) is 0 Å². The van der Waals surface area contributed by atoms with Crippen LogP contribution in [-0.2, 0) is 11.2 Å². The van der Waals surface area contributed by atoms with Gasteiger partial charge in [0.1, 0.15) is 5.01 Å². The van der Waals surface area contributed by atoms with E-state index in [1.54, 1.807) is 29.5 Å². The van der Waals surface area contributed by atoms with Crippen molar-refractivity contribution in [1.82, 2.24) is 4.98 Å². The normalized spacial score (nSPS) is 14.5. The highest BCUT2D eigenvalue weighted by Gasteiger charge is 2.17. The molecule has 0 atom stereocenters. The van der Waals surface area contributed by atoms with Gasteiger partial charge < -0.3 is 10.4 Å². The van der Waals surface area contributed by atoms with E-state index in [-0.39, 0.29) is 17.9 Å². The van der Waals surface area contributed by atoms with Crippen LogP contribution in [0.25, 0.3) is 12.2 Å². The second-order valence-electron chi connectivity index (χ2n) is 8.09. The molecule has 0 radical (unpaired) electrons. The van der Waals surface area contributed by atoms with Gasteiger partial charge in [0.05, 0.1) is 17.7 Å². The molecule has 1 saturated carbocycles. The molecule has 164 valence electrons. The zero-order valence-corrected chi connectivity index (χ0v) is 18.6. The van der Waals surface area contributed by atoms with E-state index in [1.807, 2.05) is 36.4 Å². The number of carbonyl (C=O) groups excluding carboxylic acids is 1. The second kappa shape index (κ2) is 10.4. The fourth-order valence-corrected chi connectivity index (χ4v) is 4.90. The number of aromatic nitrogens is 1. The number of rotatable bonds is 7. The molecule has 4 rings (SSSR count). The van der Waals surface area contributed by atoms with Gasteiger partial charge in [0, 0.05) is 17.0 Å². The molecule has 5 nitrogen and oxygen atoms in total. The molecule has 2 N–H and O–H groups in total. The molecule has 0 aliphatic heterocycles. The van der Waals surface area contributed by atoms with Crippen LogP contribution in [0.5, 0.6) is 0 Å². The molecule has 1 fully saturated rings. The highest BCUT2D eigenvalue weighted by atomic mass is 32.1. The standard InChI is InChI=1S/C26H26N2O3S/c29-24(16-20-10-4-5-12-22(20)26(30)31)27-21-11-6-7-18(15-21)13-14-25-28-23(17-32-25)19-8-2-1-3-9-19/h4-7,10-15,17,19H,1-3,8-9,16H2,(H,27,29)(H,30,31)/b14-13+. The minimum absolute atomic E-state index is 0.00555. The Kier molecular flexibility index (Phi) is 7.12. The molecule has 6 heteroatoms. The van der Waals surface area contributed by atoms with Gasteiger partial charge in [-0.05, 0) is 48.2 Å². The quantitative estimate of drug-likeness (QED) is 0.450. The third-order valence-electron chi connectivity index (χ3n) is 5.75. The van der Waals surface area contributed by atoms with Gasteiger partial charge in [0.25, 0.3) is 0 Å². The van der Waals surface area contributed by atoms with Crippen molar-refractivity contribution in [2.75, 3.05) is 5.32 Å². The van der Waals surface area contributed by atoms with E-state index in [0.29, 0.717) is 17.2 Å². The van der Waals surface area contributed by atoms with Crippen LogP contribution >= 0.6 is 11.3 Å². The summed E-state index contributed by atoms with van der Waals surface area (Å²) in [6.07, 6.45) is 10.4. The highest BCUT2D eigenvalue weighted by Crippen LogP contribution is 2.33. The number of aromatic carboxylic acids is 1. The number of benzene rings is 2. The van der Waals surface area contributed by atoms with E-state index in [2.05, 4.69) is 10.7 Å². The van der Waals surface area contributed by atoms with Crippen molar-refractivity contribution in [2.24, 2.45) is 0 Å². The number of carbonyl (C=O) groups is 2. The fourth-order valence-electron chi connectivity index (χ4n) is 4.11. The van der Waals surface area contributed by atoms with Gasteiger partial charge in [-0.2, -0.15) is 0 Å². The van der Waals surface area contributed by atoms with Crippen LogP contribution < -0.4 is 5.32 Å². The van der Waals surface area contributed by atoms with Crippen LogP contribution in [-0.4, -0.2) is 22.0 Å². The molecule has 0 saturated heterocycles. The topological polar surface area (TPSA) is 79.3 Å². The predicted octanol–water partition coefficient (Wildman–Crippen LogP) is 6.24. The Balaban J connectivity index is 1.39. The Morgan fingerprint density at radius 1 is 1.06 bits per heavy atom. The number of thiazole rings is 1. The van der Waals surface area contributed by atoms with Crippen molar-refractivity contribution in [3.05, 3.63) is 81.3 Å². The van der Waals surface area contributed by atoms with Crippen molar-refractivity contribution in [3.63, 3.8) is 0 Å². The number of amides is 1. The average molecular weight is 447 g/mol. The lowest BCUT2D eigenvalue weighted by Gasteiger charge is -2.19. The lowest BCUT2D eigenvalue weighted by molar-refractivity contribution is -0.115. The maximum atomic E-state index is 12.5. The Morgan fingerprint density at radius 3 is 2.69 bits per heavy atom. The van der Waals surface area contributed by atoms with Crippen LogP contribution in [0, 0.1) is 0 Å². The number of nitrogens with zero attached hydrogens (tertiary/aromatic N) is 1. The number of anilines is 1. The van der Waals surface area contributed by atoms with E-state index in [9.17, 15) is 14.7 Å². The molecule has 32 heavy (non-hydrogen) atoms. The third kappa shape index (κ3) is 5.71. The van der Waals surface area contributed by atoms with Gasteiger partial charge >= 0.3 is 5.97 Å². The lowest BCUT2D eigenvalue weighted by atomic mass is 9.87. The largest absolute Gasteiger partial charge is 0.478 e. The van der Waals surface area contributed by atoms with E-state index in [4.69, 9.17) is 4.98 Å². The molecule has 1 heterocycles. The maximum absolute atomic E-state index is 12.5. The minimum atomic E-state index is -1.03. The second-order valence-corrected chi connectivity index (χ2v) is 8.98. The summed E-state index contributed by atoms with van der Waals surface area (Å²) in [5, 5.41) is 15.3. The molecule has 1 aromatic heterocycles. The molecular formula is C26H26N2O3S.